The fourth-order valence-corrected chi connectivity index (χ4v) is 1.06. The molecular formula is C12H10KO. The van der Waals surface area contributed by atoms with Crippen LogP contribution in [0.2, 0.25) is 0 Å². The Kier molecular flexibility index (Phi) is 5.44. The number of hydrogen-bond donors (Lipinski definition) is 0. The summed E-state index contributed by atoms with van der Waals surface area (Å²) < 4.78 is 5.56. The molecule has 0 aliphatic heterocycles. The van der Waals surface area contributed by atoms with Crippen molar-refractivity contribution in [3.63, 3.8) is 0 Å². The second kappa shape index (κ2) is 6.38. The molecule has 0 saturated carbocycles. The summed E-state index contributed by atoms with van der Waals surface area (Å²) in [6, 6.07) is 20.1. The third kappa shape index (κ3) is 3.56. The maximum atomic E-state index is 5.56. The molecule has 0 amide bonds. The van der Waals surface area contributed by atoms with E-state index in [0.29, 0.717) is 0 Å². The Morgan fingerprint density at radius 3 is 2.00 bits per heavy atom. The fourth-order valence-electron chi connectivity index (χ4n) is 1.06. The Balaban J connectivity index is 0.000000980. The maximum Gasteiger partial charge on any atom is 0.127 e. The smallest absolute Gasteiger partial charge is 0.127 e. The van der Waals surface area contributed by atoms with Gasteiger partial charge in [0.05, 0.1) is 0 Å². The van der Waals surface area contributed by atoms with Gasteiger partial charge in [-0.05, 0) is 30.3 Å². The first-order valence-electron chi connectivity index (χ1n) is 4.14. The van der Waals surface area contributed by atoms with Gasteiger partial charge in [0.2, 0.25) is 0 Å². The molecule has 2 aromatic rings. The zero-order valence-electron chi connectivity index (χ0n) is 7.10. The number of para-hydroxylation sites is 1. The van der Waals surface area contributed by atoms with E-state index in [2.05, 4.69) is 6.07 Å². The van der Waals surface area contributed by atoms with Crippen molar-refractivity contribution in [3.8, 4) is 11.5 Å². The van der Waals surface area contributed by atoms with E-state index in [-0.39, 0.29) is 51.4 Å². The van der Waals surface area contributed by atoms with Crippen molar-refractivity contribution in [2.45, 2.75) is 0 Å². The zero-order chi connectivity index (χ0) is 8.93. The first-order valence-corrected chi connectivity index (χ1v) is 4.14. The molecule has 0 aliphatic carbocycles. The predicted octanol–water partition coefficient (Wildman–Crippen LogP) is 2.63. The molecule has 0 spiro atoms. The molecule has 0 aliphatic rings. The molecule has 2 rings (SSSR count). The van der Waals surface area contributed by atoms with Crippen molar-refractivity contribution in [3.05, 3.63) is 60.7 Å². The molecule has 65 valence electrons. The minimum atomic E-state index is 0. The van der Waals surface area contributed by atoms with Gasteiger partial charge >= 0.3 is 51.4 Å². The van der Waals surface area contributed by atoms with Crippen LogP contribution in [0.25, 0.3) is 0 Å². The van der Waals surface area contributed by atoms with Gasteiger partial charge in [-0.2, -0.15) is 0 Å². The SMILES string of the molecule is [KH].[c]1ccc(Oc2ccccc2)cc1. The molecule has 0 atom stereocenters. The zero-order valence-corrected chi connectivity index (χ0v) is 7.10. The Morgan fingerprint density at radius 1 is 0.786 bits per heavy atom. The van der Waals surface area contributed by atoms with Crippen molar-refractivity contribution in [1.29, 1.82) is 0 Å². The van der Waals surface area contributed by atoms with Gasteiger partial charge in [-0.3, -0.25) is 0 Å². The van der Waals surface area contributed by atoms with Crippen molar-refractivity contribution < 1.29 is 4.74 Å². The van der Waals surface area contributed by atoms with E-state index in [4.69, 9.17) is 4.74 Å². The Morgan fingerprint density at radius 2 is 1.36 bits per heavy atom. The predicted molar refractivity (Wildman–Crippen MR) is 58.9 cm³/mol. The second-order valence-electron chi connectivity index (χ2n) is 2.65. The van der Waals surface area contributed by atoms with Crippen molar-refractivity contribution in [1.82, 2.24) is 0 Å². The van der Waals surface area contributed by atoms with Gasteiger partial charge in [-0.1, -0.05) is 30.3 Å². The van der Waals surface area contributed by atoms with Crippen LogP contribution in [-0.4, -0.2) is 51.4 Å². The first-order chi connectivity index (χ1) is 6.45. The Hall–Kier alpha value is -0.124. The van der Waals surface area contributed by atoms with Gasteiger partial charge in [0, 0.05) is 0 Å². The molecule has 14 heavy (non-hydrogen) atoms. The van der Waals surface area contributed by atoms with Crippen LogP contribution in [0, 0.1) is 6.07 Å². The fraction of sp³-hybridized carbons (Fsp3) is 0. The monoisotopic (exact) mass is 209 g/mol. The standard InChI is InChI=1S/C12H9O.K.H/c1-3-7-11(8-4-1)13-12-9-5-2-6-10-12;;/h1,3-10H;;. The summed E-state index contributed by atoms with van der Waals surface area (Å²) in [7, 11) is 0. The van der Waals surface area contributed by atoms with Crippen molar-refractivity contribution in [2.24, 2.45) is 0 Å². The molecule has 0 fully saturated rings. The molecule has 1 nitrogen and oxygen atoms in total. The van der Waals surface area contributed by atoms with E-state index in [1.165, 1.54) is 0 Å². The van der Waals surface area contributed by atoms with E-state index < -0.39 is 0 Å². The molecule has 1 radical (unpaired) electrons. The van der Waals surface area contributed by atoms with Gasteiger partial charge in [0.15, 0.2) is 0 Å². The molecule has 2 heteroatoms. The molecular weight excluding hydrogens is 199 g/mol. The second-order valence-corrected chi connectivity index (χ2v) is 2.65. The summed E-state index contributed by atoms with van der Waals surface area (Å²) in [5.41, 5.74) is 0. The summed E-state index contributed by atoms with van der Waals surface area (Å²) in [5.74, 6) is 1.69. The minimum absolute atomic E-state index is 0. The third-order valence-corrected chi connectivity index (χ3v) is 1.67. The molecule has 0 heterocycles. The molecule has 0 N–H and O–H groups in total. The van der Waals surface area contributed by atoms with Gasteiger partial charge in [0.25, 0.3) is 0 Å². The van der Waals surface area contributed by atoms with Crippen molar-refractivity contribution >= 4 is 51.4 Å². The molecule has 0 aromatic heterocycles. The number of ether oxygens (including phenoxy) is 1. The summed E-state index contributed by atoms with van der Waals surface area (Å²) in [5, 5.41) is 0. The van der Waals surface area contributed by atoms with Gasteiger partial charge in [0.1, 0.15) is 11.5 Å². The minimum Gasteiger partial charge on any atom is -0.457 e. The van der Waals surface area contributed by atoms with Crippen LogP contribution in [0.15, 0.2) is 54.6 Å². The van der Waals surface area contributed by atoms with E-state index in [1.807, 2.05) is 54.6 Å². The molecule has 0 bridgehead atoms. The van der Waals surface area contributed by atoms with E-state index in [1.54, 1.807) is 0 Å². The quantitative estimate of drug-likeness (QED) is 0.691. The molecule has 2 aromatic carbocycles. The van der Waals surface area contributed by atoms with Gasteiger partial charge in [-0.15, -0.1) is 0 Å². The number of hydrogen-bond acceptors (Lipinski definition) is 1. The summed E-state index contributed by atoms with van der Waals surface area (Å²) in [6.45, 7) is 0. The summed E-state index contributed by atoms with van der Waals surface area (Å²) in [6.07, 6.45) is 0. The first kappa shape index (κ1) is 11.9. The van der Waals surface area contributed by atoms with Gasteiger partial charge in [-0.25, -0.2) is 0 Å². The Bertz CT molecular complexity index is 321. The van der Waals surface area contributed by atoms with Gasteiger partial charge < -0.3 is 4.74 Å². The molecule has 0 saturated heterocycles. The average molecular weight is 209 g/mol. The third-order valence-electron chi connectivity index (χ3n) is 1.67. The maximum absolute atomic E-state index is 5.56. The van der Waals surface area contributed by atoms with Crippen LogP contribution in [0.5, 0.6) is 11.5 Å². The van der Waals surface area contributed by atoms with Crippen molar-refractivity contribution in [2.75, 3.05) is 0 Å². The Labute approximate surface area is 127 Å². The number of benzene rings is 2. The van der Waals surface area contributed by atoms with Crippen LogP contribution in [0.3, 0.4) is 0 Å². The molecule has 0 unspecified atom stereocenters. The normalized spacial score (nSPS) is 8.86. The van der Waals surface area contributed by atoms with Crippen LogP contribution in [-0.2, 0) is 0 Å². The number of rotatable bonds is 2. The summed E-state index contributed by atoms with van der Waals surface area (Å²) in [4.78, 5) is 0. The topological polar surface area (TPSA) is 9.23 Å². The summed E-state index contributed by atoms with van der Waals surface area (Å²) >= 11 is 0. The van der Waals surface area contributed by atoms with Crippen LogP contribution < -0.4 is 4.74 Å². The van der Waals surface area contributed by atoms with Crippen LogP contribution >= 0.6 is 0 Å². The van der Waals surface area contributed by atoms with Crippen LogP contribution in [0.1, 0.15) is 0 Å². The average Bonchev–Trinajstić information content (AvgIpc) is 2.21. The van der Waals surface area contributed by atoms with E-state index in [0.717, 1.165) is 11.5 Å². The largest absolute Gasteiger partial charge is 0.457 e. The van der Waals surface area contributed by atoms with E-state index in [9.17, 15) is 0 Å². The van der Waals surface area contributed by atoms with E-state index >= 15 is 0 Å². The van der Waals surface area contributed by atoms with Crippen LogP contribution in [0.4, 0.5) is 0 Å².